The number of aliphatic hydroxyl groups is 1. The van der Waals surface area contributed by atoms with Gasteiger partial charge in [0.1, 0.15) is 5.69 Å². The molecule has 132 valence electrons. The van der Waals surface area contributed by atoms with Gasteiger partial charge < -0.3 is 16.2 Å². The number of anilines is 2. The van der Waals surface area contributed by atoms with Crippen molar-refractivity contribution in [1.29, 1.82) is 0 Å². The summed E-state index contributed by atoms with van der Waals surface area (Å²) in [5.41, 5.74) is 6.53. The second-order valence-corrected chi connectivity index (χ2v) is 6.69. The molecule has 7 nitrogen and oxygen atoms in total. The first-order valence-corrected chi connectivity index (χ1v) is 8.69. The molecule has 0 radical (unpaired) electrons. The van der Waals surface area contributed by atoms with E-state index in [9.17, 15) is 5.11 Å². The Hall–Kier alpha value is -1.96. The number of aliphatic hydroxyl groups excluding tert-OH is 1. The molecule has 1 aliphatic rings. The summed E-state index contributed by atoms with van der Waals surface area (Å²) in [6.45, 7) is 0.184. The molecule has 2 aromatic rings. The van der Waals surface area contributed by atoms with E-state index >= 15 is 0 Å². The van der Waals surface area contributed by atoms with Crippen LogP contribution in [0.5, 0.6) is 0 Å². The zero-order valence-electron chi connectivity index (χ0n) is 13.4. The summed E-state index contributed by atoms with van der Waals surface area (Å²) < 4.78 is 0. The minimum atomic E-state index is 0.0564. The van der Waals surface area contributed by atoms with Gasteiger partial charge in [0, 0.05) is 12.6 Å². The van der Waals surface area contributed by atoms with Gasteiger partial charge in [-0.1, -0.05) is 35.3 Å². The van der Waals surface area contributed by atoms with Crippen molar-refractivity contribution in [3.63, 3.8) is 0 Å². The van der Waals surface area contributed by atoms with Crippen molar-refractivity contribution in [3.8, 4) is 0 Å². The Balaban J connectivity index is 1.87. The van der Waals surface area contributed by atoms with E-state index < -0.39 is 0 Å². The van der Waals surface area contributed by atoms with E-state index in [1.54, 1.807) is 12.1 Å². The van der Waals surface area contributed by atoms with E-state index in [1.807, 2.05) is 12.1 Å². The van der Waals surface area contributed by atoms with Crippen LogP contribution in [0.3, 0.4) is 0 Å². The van der Waals surface area contributed by atoms with E-state index in [0.29, 0.717) is 28.1 Å². The Morgan fingerprint density at radius 3 is 2.72 bits per heavy atom. The van der Waals surface area contributed by atoms with Crippen LogP contribution in [0, 0.1) is 5.92 Å². The van der Waals surface area contributed by atoms with Crippen LogP contribution in [-0.2, 0) is 0 Å². The molecule has 2 atom stereocenters. The highest BCUT2D eigenvalue weighted by Crippen LogP contribution is 2.36. The van der Waals surface area contributed by atoms with Crippen LogP contribution in [-0.4, -0.2) is 27.7 Å². The lowest BCUT2D eigenvalue weighted by atomic mass is 10.1. The van der Waals surface area contributed by atoms with Crippen molar-refractivity contribution in [3.05, 3.63) is 34.4 Å². The highest BCUT2D eigenvalue weighted by Gasteiger charge is 2.25. The first-order valence-electron chi connectivity index (χ1n) is 7.93. The van der Waals surface area contributed by atoms with Crippen molar-refractivity contribution in [2.45, 2.75) is 25.3 Å². The maximum absolute atomic E-state index is 9.29. The molecule has 0 bridgehead atoms. The average Bonchev–Trinajstić information content (AvgIpc) is 3.03. The number of nitrogens with two attached hydrogens (primary N) is 1. The molecule has 1 aromatic carbocycles. The van der Waals surface area contributed by atoms with Gasteiger partial charge in [0.2, 0.25) is 5.95 Å². The van der Waals surface area contributed by atoms with Crippen LogP contribution >= 0.6 is 23.2 Å². The van der Waals surface area contributed by atoms with Crippen molar-refractivity contribution in [2.24, 2.45) is 16.1 Å². The molecule has 4 N–H and O–H groups in total. The Morgan fingerprint density at radius 2 is 2.00 bits per heavy atom. The predicted octanol–water partition coefficient (Wildman–Crippen LogP) is 4.35. The summed E-state index contributed by atoms with van der Waals surface area (Å²) in [5.74, 6) is 0.776. The first kappa shape index (κ1) is 17.8. The number of halogens is 2. The molecule has 9 heteroatoms. The van der Waals surface area contributed by atoms with E-state index in [2.05, 4.69) is 25.5 Å². The summed E-state index contributed by atoms with van der Waals surface area (Å²) in [6.07, 6.45) is 2.73. The van der Waals surface area contributed by atoms with Crippen LogP contribution in [0.2, 0.25) is 10.2 Å². The number of hydrogen-bond donors (Lipinski definition) is 3. The van der Waals surface area contributed by atoms with E-state index in [-0.39, 0.29) is 23.8 Å². The van der Waals surface area contributed by atoms with Gasteiger partial charge in [-0.15, -0.1) is 10.2 Å². The van der Waals surface area contributed by atoms with Crippen LogP contribution in [0.4, 0.5) is 23.1 Å². The Kier molecular flexibility index (Phi) is 5.67. The van der Waals surface area contributed by atoms with E-state index in [0.717, 1.165) is 19.3 Å². The fraction of sp³-hybridized carbons (Fsp3) is 0.375. The quantitative estimate of drug-likeness (QED) is 0.527. The molecular weight excluding hydrogens is 363 g/mol. The number of aromatic nitrogens is 2. The standard InChI is InChI=1S/C16H18Cl2N6O/c17-11-3-1-2-4-12(11)23-24-13-14(18)21-16(19)22-15(13)20-10-6-5-9(7-10)8-25/h1-4,9-10,25H,5-8H2,(H3,19,20,21,22)/b24-23+/t9-,10+/m1/s1. The summed E-state index contributed by atoms with van der Waals surface area (Å²) in [4.78, 5) is 8.14. The largest absolute Gasteiger partial charge is 0.396 e. The molecular formula is C16H18Cl2N6O. The Labute approximate surface area is 155 Å². The SMILES string of the molecule is Nc1nc(Cl)c(/N=N/c2ccccc2Cl)c(N[C@H]2CC[C@@H](CO)C2)n1. The highest BCUT2D eigenvalue weighted by atomic mass is 35.5. The molecule has 3 rings (SSSR count). The number of nitrogens with zero attached hydrogens (tertiary/aromatic N) is 4. The lowest BCUT2D eigenvalue weighted by Crippen LogP contribution is -2.18. The predicted molar refractivity (Wildman–Crippen MR) is 98.9 cm³/mol. The zero-order chi connectivity index (χ0) is 17.8. The van der Waals surface area contributed by atoms with Crippen molar-refractivity contribution < 1.29 is 5.11 Å². The smallest absolute Gasteiger partial charge is 0.223 e. The molecule has 0 saturated heterocycles. The molecule has 0 spiro atoms. The number of azo groups is 1. The normalized spacial score (nSPS) is 20.3. The molecule has 1 saturated carbocycles. The molecule has 1 aromatic heterocycles. The molecule has 1 aliphatic carbocycles. The molecule has 0 aliphatic heterocycles. The zero-order valence-corrected chi connectivity index (χ0v) is 14.9. The lowest BCUT2D eigenvalue weighted by Gasteiger charge is -2.15. The van der Waals surface area contributed by atoms with Gasteiger partial charge >= 0.3 is 0 Å². The average molecular weight is 381 g/mol. The minimum Gasteiger partial charge on any atom is -0.396 e. The third-order valence-electron chi connectivity index (χ3n) is 4.11. The number of nitrogen functional groups attached to an aromatic ring is 1. The monoisotopic (exact) mass is 380 g/mol. The van der Waals surface area contributed by atoms with Crippen molar-refractivity contribution in [2.75, 3.05) is 17.7 Å². The molecule has 0 unspecified atom stereocenters. The second-order valence-electron chi connectivity index (χ2n) is 5.92. The molecule has 1 fully saturated rings. The third-order valence-corrected chi connectivity index (χ3v) is 4.69. The third kappa shape index (κ3) is 4.36. The Morgan fingerprint density at radius 1 is 1.20 bits per heavy atom. The maximum atomic E-state index is 9.29. The first-order chi connectivity index (χ1) is 12.1. The lowest BCUT2D eigenvalue weighted by molar-refractivity contribution is 0.229. The number of hydrogen-bond acceptors (Lipinski definition) is 7. The van der Waals surface area contributed by atoms with Crippen LogP contribution in [0.25, 0.3) is 0 Å². The Bertz CT molecular complexity index is 785. The minimum absolute atomic E-state index is 0.0564. The van der Waals surface area contributed by atoms with Crippen LogP contribution in [0.1, 0.15) is 19.3 Å². The van der Waals surface area contributed by atoms with Gasteiger partial charge in [0.25, 0.3) is 0 Å². The molecule has 0 amide bonds. The van der Waals surface area contributed by atoms with E-state index in [4.69, 9.17) is 28.9 Å². The van der Waals surface area contributed by atoms with Crippen molar-refractivity contribution in [1.82, 2.24) is 9.97 Å². The number of rotatable bonds is 5. The summed E-state index contributed by atoms with van der Waals surface area (Å²) in [7, 11) is 0. The number of nitrogens with one attached hydrogen (secondary N) is 1. The van der Waals surface area contributed by atoms with Crippen LogP contribution < -0.4 is 11.1 Å². The summed E-state index contributed by atoms with van der Waals surface area (Å²) >= 11 is 12.3. The van der Waals surface area contributed by atoms with Gasteiger partial charge in [-0.3, -0.25) is 0 Å². The van der Waals surface area contributed by atoms with Gasteiger partial charge in [0.05, 0.1) is 5.02 Å². The second kappa shape index (κ2) is 7.95. The summed E-state index contributed by atoms with van der Waals surface area (Å²) in [6, 6.07) is 7.26. The fourth-order valence-corrected chi connectivity index (χ4v) is 3.22. The number of benzene rings is 1. The highest BCUT2D eigenvalue weighted by molar-refractivity contribution is 6.33. The van der Waals surface area contributed by atoms with Crippen molar-refractivity contribution >= 4 is 46.3 Å². The molecule has 1 heterocycles. The summed E-state index contributed by atoms with van der Waals surface area (Å²) in [5, 5.41) is 21.5. The maximum Gasteiger partial charge on any atom is 0.223 e. The fourth-order valence-electron chi connectivity index (χ4n) is 2.83. The molecule has 25 heavy (non-hydrogen) atoms. The van der Waals surface area contributed by atoms with Gasteiger partial charge in [-0.25, -0.2) is 0 Å². The van der Waals surface area contributed by atoms with Gasteiger partial charge in [-0.05, 0) is 37.3 Å². The topological polar surface area (TPSA) is 109 Å². The van der Waals surface area contributed by atoms with E-state index in [1.165, 1.54) is 0 Å². The van der Waals surface area contributed by atoms with Crippen LogP contribution in [0.15, 0.2) is 34.5 Å². The van der Waals surface area contributed by atoms with Gasteiger partial charge in [-0.2, -0.15) is 9.97 Å². The van der Waals surface area contributed by atoms with Gasteiger partial charge in [0.15, 0.2) is 16.7 Å².